The molecule has 3 aromatic heterocycles. The number of carbonyl (C=O) groups is 1. The number of hydrogen-bond donors (Lipinski definition) is 1. The second-order valence-electron chi connectivity index (χ2n) is 8.75. The van der Waals surface area contributed by atoms with Gasteiger partial charge in [-0.2, -0.15) is 17.8 Å². The molecule has 1 aliphatic rings. The maximum Gasteiger partial charge on any atom is 0.301 e. The zero-order chi connectivity index (χ0) is 24.8. The van der Waals surface area contributed by atoms with E-state index in [1.807, 2.05) is 20.8 Å². The molecule has 4 heterocycles. The van der Waals surface area contributed by atoms with E-state index in [-0.39, 0.29) is 12.5 Å². The van der Waals surface area contributed by atoms with Crippen molar-refractivity contribution in [3.8, 4) is 11.3 Å². The Bertz CT molecular complexity index is 1370. The van der Waals surface area contributed by atoms with E-state index in [2.05, 4.69) is 14.8 Å². The number of alkyl halides is 1. The molecule has 0 fully saturated rings. The molecule has 0 atom stereocenters. The first kappa shape index (κ1) is 23.8. The Hall–Kier alpha value is -3.38. The van der Waals surface area contributed by atoms with E-state index in [9.17, 15) is 17.6 Å². The summed E-state index contributed by atoms with van der Waals surface area (Å²) in [4.78, 5) is 24.0. The number of aromatic nitrogens is 4. The summed E-state index contributed by atoms with van der Waals surface area (Å²) >= 11 is 0. The van der Waals surface area contributed by atoms with Crippen molar-refractivity contribution in [2.75, 3.05) is 30.4 Å². The Kier molecular flexibility index (Phi) is 5.90. The van der Waals surface area contributed by atoms with Crippen molar-refractivity contribution in [2.45, 2.75) is 32.9 Å². The molecule has 4 rings (SSSR count). The van der Waals surface area contributed by atoms with Crippen molar-refractivity contribution >= 4 is 27.5 Å². The van der Waals surface area contributed by atoms with Crippen LogP contribution >= 0.6 is 0 Å². The van der Waals surface area contributed by atoms with Crippen LogP contribution in [-0.4, -0.2) is 59.1 Å². The van der Waals surface area contributed by atoms with Gasteiger partial charge in [0.25, 0.3) is 5.91 Å². The third kappa shape index (κ3) is 4.03. The number of nitrogens with zero attached hydrogens (tertiary/aromatic N) is 6. The topological polar surface area (TPSA) is 113 Å². The van der Waals surface area contributed by atoms with Crippen molar-refractivity contribution in [3.63, 3.8) is 0 Å². The van der Waals surface area contributed by atoms with Crippen LogP contribution in [0.15, 0.2) is 36.9 Å². The number of rotatable bonds is 7. The number of nitrogens with one attached hydrogen (secondary N) is 1. The molecule has 0 spiro atoms. The molecule has 34 heavy (non-hydrogen) atoms. The lowest BCUT2D eigenvalue weighted by Gasteiger charge is -2.30. The minimum Gasteiger partial charge on any atom is -0.294 e. The molecule has 0 radical (unpaired) electrons. The van der Waals surface area contributed by atoms with Gasteiger partial charge < -0.3 is 0 Å². The number of fused-ring (bicyclic) bond motifs is 1. The first-order chi connectivity index (χ1) is 16.0. The van der Waals surface area contributed by atoms with Gasteiger partial charge in [-0.1, -0.05) is 0 Å². The van der Waals surface area contributed by atoms with E-state index < -0.39 is 22.4 Å². The Morgan fingerprint density at radius 1 is 1.18 bits per heavy atom. The Balaban J connectivity index is 1.75. The minimum atomic E-state index is -3.69. The highest BCUT2D eigenvalue weighted by atomic mass is 32.2. The quantitative estimate of drug-likeness (QED) is 0.548. The Morgan fingerprint density at radius 3 is 2.59 bits per heavy atom. The van der Waals surface area contributed by atoms with Gasteiger partial charge in [-0.05, 0) is 38.5 Å². The highest BCUT2D eigenvalue weighted by molar-refractivity contribution is 7.90. The fourth-order valence-corrected chi connectivity index (χ4v) is 4.59. The maximum absolute atomic E-state index is 13.4. The minimum absolute atomic E-state index is 0.109. The number of anilines is 2. The van der Waals surface area contributed by atoms with Crippen molar-refractivity contribution in [1.29, 1.82) is 0 Å². The second kappa shape index (κ2) is 8.44. The number of hydrogen-bond acceptors (Lipinski definition) is 6. The second-order valence-corrected chi connectivity index (χ2v) is 10.6. The summed E-state index contributed by atoms with van der Waals surface area (Å²) in [5.74, 6) is -0.207. The third-order valence-electron chi connectivity index (χ3n) is 5.73. The van der Waals surface area contributed by atoms with E-state index in [0.29, 0.717) is 33.9 Å². The van der Waals surface area contributed by atoms with Crippen molar-refractivity contribution in [2.24, 2.45) is 0 Å². The van der Waals surface area contributed by atoms with Crippen LogP contribution in [0.2, 0.25) is 0 Å². The molecular weight excluding hydrogens is 461 g/mol. The first-order valence-corrected chi connectivity index (χ1v) is 12.0. The fourth-order valence-electron chi connectivity index (χ4n) is 4.00. The van der Waals surface area contributed by atoms with Crippen molar-refractivity contribution in [3.05, 3.63) is 53.7 Å². The van der Waals surface area contributed by atoms with Gasteiger partial charge in [0.1, 0.15) is 6.67 Å². The van der Waals surface area contributed by atoms with Crippen LogP contribution < -0.4 is 9.62 Å². The average Bonchev–Trinajstić information content (AvgIpc) is 3.28. The average molecular weight is 488 g/mol. The summed E-state index contributed by atoms with van der Waals surface area (Å²) in [5.41, 5.74) is 3.04. The molecule has 0 aliphatic carbocycles. The molecular formula is C22H26FN7O3S. The van der Waals surface area contributed by atoms with Gasteiger partial charge in [-0.15, -0.1) is 0 Å². The van der Waals surface area contributed by atoms with E-state index >= 15 is 0 Å². The number of aryl methyl sites for hydroxylation is 2. The van der Waals surface area contributed by atoms with E-state index in [1.165, 1.54) is 25.0 Å². The molecule has 1 N–H and O–H groups in total. The number of halogens is 1. The van der Waals surface area contributed by atoms with Gasteiger partial charge in [0.15, 0.2) is 0 Å². The lowest BCUT2D eigenvalue weighted by molar-refractivity contribution is 0.0981. The van der Waals surface area contributed by atoms with Crippen LogP contribution in [0.1, 0.15) is 35.5 Å². The SMILES string of the molecule is Cc1cc(-c2cncc(NS(=O)(=O)N(C)C)c2)nc2c1C(=O)N(c1cnn(CCF)c1)C2(C)C. The molecule has 3 aromatic rings. The predicted molar refractivity (Wildman–Crippen MR) is 126 cm³/mol. The Labute approximate surface area is 197 Å². The summed E-state index contributed by atoms with van der Waals surface area (Å²) in [7, 11) is -0.838. The van der Waals surface area contributed by atoms with Gasteiger partial charge in [0.05, 0.1) is 52.8 Å². The standard InChI is InChI=1S/C22H26FN7O3S/c1-14-8-18(15-9-16(11-24-10-15)27-34(32,33)28(4)5)26-20-19(14)21(31)30(22(20,2)3)17-12-25-29(13-17)7-6-23/h8-13,27H,6-7H2,1-5H3. The fraction of sp³-hybridized carbons (Fsp3) is 0.364. The van der Waals surface area contributed by atoms with Crippen molar-refractivity contribution in [1.82, 2.24) is 24.1 Å². The highest BCUT2D eigenvalue weighted by Crippen LogP contribution is 2.43. The summed E-state index contributed by atoms with van der Waals surface area (Å²) < 4.78 is 42.1. The lowest BCUT2D eigenvalue weighted by atomic mass is 9.96. The molecule has 12 heteroatoms. The zero-order valence-electron chi connectivity index (χ0n) is 19.6. The zero-order valence-corrected chi connectivity index (χ0v) is 20.4. The summed E-state index contributed by atoms with van der Waals surface area (Å²) in [6.45, 7) is 5.16. The molecule has 0 saturated carbocycles. The summed E-state index contributed by atoms with van der Waals surface area (Å²) in [5, 5.41) is 4.15. The van der Waals surface area contributed by atoms with Crippen LogP contribution in [-0.2, 0) is 22.3 Å². The van der Waals surface area contributed by atoms with E-state index in [0.717, 1.165) is 9.87 Å². The smallest absolute Gasteiger partial charge is 0.294 e. The predicted octanol–water partition coefficient (Wildman–Crippen LogP) is 2.73. The first-order valence-electron chi connectivity index (χ1n) is 10.6. The van der Waals surface area contributed by atoms with Gasteiger partial charge in [-0.25, -0.2) is 9.37 Å². The van der Waals surface area contributed by atoms with Crippen LogP contribution in [0, 0.1) is 6.92 Å². The normalized spacial score (nSPS) is 15.1. The number of amides is 1. The molecule has 180 valence electrons. The number of pyridine rings is 2. The molecule has 0 bridgehead atoms. The van der Waals surface area contributed by atoms with Crippen molar-refractivity contribution < 1.29 is 17.6 Å². The Morgan fingerprint density at radius 2 is 1.91 bits per heavy atom. The van der Waals surface area contributed by atoms with Gasteiger partial charge in [-0.3, -0.25) is 24.1 Å². The van der Waals surface area contributed by atoms with Gasteiger partial charge >= 0.3 is 10.2 Å². The van der Waals surface area contributed by atoms with Gasteiger partial charge in [0.2, 0.25) is 0 Å². The molecule has 1 amide bonds. The highest BCUT2D eigenvalue weighted by Gasteiger charge is 2.47. The largest absolute Gasteiger partial charge is 0.301 e. The van der Waals surface area contributed by atoms with E-state index in [4.69, 9.17) is 4.98 Å². The van der Waals surface area contributed by atoms with Gasteiger partial charge in [0, 0.05) is 32.1 Å². The maximum atomic E-state index is 13.4. The monoisotopic (exact) mass is 487 g/mol. The van der Waals surface area contributed by atoms with E-state index in [1.54, 1.807) is 35.6 Å². The van der Waals surface area contributed by atoms with Crippen LogP contribution in [0.3, 0.4) is 0 Å². The molecule has 0 unspecified atom stereocenters. The van der Waals surface area contributed by atoms with Crippen LogP contribution in [0.5, 0.6) is 0 Å². The summed E-state index contributed by atoms with van der Waals surface area (Å²) in [6.07, 6.45) is 6.19. The molecule has 0 saturated heterocycles. The number of carbonyl (C=O) groups excluding carboxylic acids is 1. The third-order valence-corrected chi connectivity index (χ3v) is 7.18. The van der Waals surface area contributed by atoms with Crippen LogP contribution in [0.25, 0.3) is 11.3 Å². The summed E-state index contributed by atoms with van der Waals surface area (Å²) in [6, 6.07) is 3.43. The van der Waals surface area contributed by atoms with Crippen LogP contribution in [0.4, 0.5) is 15.8 Å². The molecule has 1 aliphatic heterocycles. The lowest BCUT2D eigenvalue weighted by Crippen LogP contribution is -2.39. The molecule has 0 aromatic carbocycles. The molecule has 10 nitrogen and oxygen atoms in total.